The van der Waals surface area contributed by atoms with Gasteiger partial charge in [-0.25, -0.2) is 4.98 Å². The molecular weight excluding hydrogens is 360 g/mol. The van der Waals surface area contributed by atoms with Crippen LogP contribution in [0.5, 0.6) is 5.75 Å². The summed E-state index contributed by atoms with van der Waals surface area (Å²) in [6.45, 7) is 5.86. The smallest absolute Gasteiger partial charge is 0.146 e. The van der Waals surface area contributed by atoms with Crippen molar-refractivity contribution in [2.24, 2.45) is 0 Å². The molecule has 0 radical (unpaired) electrons. The van der Waals surface area contributed by atoms with Crippen LogP contribution in [0.3, 0.4) is 0 Å². The third kappa shape index (κ3) is 3.70. The molecule has 0 amide bonds. The molecule has 4 heterocycles. The molecule has 1 saturated heterocycles. The molecule has 0 atom stereocenters. The van der Waals surface area contributed by atoms with E-state index < -0.39 is 0 Å². The lowest BCUT2D eigenvalue weighted by Crippen LogP contribution is -2.29. The van der Waals surface area contributed by atoms with Crippen LogP contribution in [0.1, 0.15) is 36.1 Å². The van der Waals surface area contributed by atoms with Gasteiger partial charge >= 0.3 is 0 Å². The number of pyridine rings is 2. The van der Waals surface area contributed by atoms with Gasteiger partial charge in [-0.05, 0) is 62.2 Å². The van der Waals surface area contributed by atoms with E-state index in [1.165, 1.54) is 43.3 Å². The van der Waals surface area contributed by atoms with Crippen molar-refractivity contribution in [3.63, 3.8) is 0 Å². The zero-order valence-electron chi connectivity index (χ0n) is 16.8. The van der Waals surface area contributed by atoms with Crippen LogP contribution in [-0.4, -0.2) is 32.4 Å². The number of likely N-dealkylation sites (tertiary alicyclic amines) is 1. The Morgan fingerprint density at radius 3 is 2.79 bits per heavy atom. The van der Waals surface area contributed by atoms with Crippen LogP contribution in [0, 0.1) is 6.92 Å². The molecule has 3 aromatic heterocycles. The lowest BCUT2D eigenvalue weighted by molar-refractivity contribution is 0.221. The van der Waals surface area contributed by atoms with E-state index >= 15 is 0 Å². The van der Waals surface area contributed by atoms with Crippen LogP contribution >= 0.6 is 0 Å². The highest BCUT2D eigenvalue weighted by atomic mass is 16.5. The lowest BCUT2D eigenvalue weighted by Gasteiger charge is -2.27. The van der Waals surface area contributed by atoms with Crippen molar-refractivity contribution in [1.29, 1.82) is 0 Å². The summed E-state index contributed by atoms with van der Waals surface area (Å²) in [5, 5.41) is 1.18. The van der Waals surface area contributed by atoms with Crippen molar-refractivity contribution in [1.82, 2.24) is 19.3 Å². The molecule has 0 N–H and O–H groups in total. The van der Waals surface area contributed by atoms with Gasteiger partial charge in [-0.3, -0.25) is 9.88 Å². The van der Waals surface area contributed by atoms with E-state index in [1.54, 1.807) is 0 Å². The van der Waals surface area contributed by atoms with E-state index in [4.69, 9.17) is 9.72 Å². The lowest BCUT2D eigenvalue weighted by atomic mass is 10.1. The number of aryl methyl sites for hydroxylation is 1. The Morgan fingerprint density at radius 1 is 1.03 bits per heavy atom. The van der Waals surface area contributed by atoms with Gasteiger partial charge in [0.15, 0.2) is 0 Å². The van der Waals surface area contributed by atoms with Gasteiger partial charge < -0.3 is 9.14 Å². The minimum Gasteiger partial charge on any atom is -0.485 e. The van der Waals surface area contributed by atoms with E-state index in [0.29, 0.717) is 6.61 Å². The van der Waals surface area contributed by atoms with E-state index in [0.717, 1.165) is 34.7 Å². The molecular formula is C24H26N4O. The second kappa shape index (κ2) is 7.84. The summed E-state index contributed by atoms with van der Waals surface area (Å²) in [5.41, 5.74) is 5.31. The SMILES string of the molecule is Cc1cccn2cc(COc3ccc(CN4CCCCC4)c4cccnc34)nc12. The fourth-order valence-electron chi connectivity index (χ4n) is 4.24. The van der Waals surface area contributed by atoms with Gasteiger partial charge in [0.05, 0.1) is 5.69 Å². The molecule has 5 rings (SSSR count). The maximum atomic E-state index is 6.17. The Labute approximate surface area is 171 Å². The van der Waals surface area contributed by atoms with Crippen LogP contribution in [0.25, 0.3) is 16.6 Å². The molecule has 1 aromatic carbocycles. The highest BCUT2D eigenvalue weighted by molar-refractivity contribution is 5.87. The Hall–Kier alpha value is -2.92. The second-order valence-corrected chi connectivity index (χ2v) is 7.90. The van der Waals surface area contributed by atoms with Crippen LogP contribution in [0.4, 0.5) is 0 Å². The van der Waals surface area contributed by atoms with Crippen LogP contribution in [-0.2, 0) is 13.2 Å². The number of benzene rings is 1. The number of ether oxygens (including phenoxy) is 1. The maximum absolute atomic E-state index is 6.17. The van der Waals surface area contributed by atoms with Gasteiger partial charge in [0.25, 0.3) is 0 Å². The quantitative estimate of drug-likeness (QED) is 0.496. The number of aromatic nitrogens is 3. The van der Waals surface area contributed by atoms with Crippen molar-refractivity contribution in [2.45, 2.75) is 39.3 Å². The summed E-state index contributed by atoms with van der Waals surface area (Å²) < 4.78 is 8.22. The molecule has 0 bridgehead atoms. The summed E-state index contributed by atoms with van der Waals surface area (Å²) in [6.07, 6.45) is 9.85. The summed E-state index contributed by atoms with van der Waals surface area (Å²) in [6, 6.07) is 12.5. The first kappa shape index (κ1) is 18.1. The Balaban J connectivity index is 1.39. The molecule has 0 unspecified atom stereocenters. The van der Waals surface area contributed by atoms with Gasteiger partial charge in [0.1, 0.15) is 23.5 Å². The monoisotopic (exact) mass is 386 g/mol. The first-order chi connectivity index (χ1) is 14.3. The third-order valence-corrected chi connectivity index (χ3v) is 5.77. The van der Waals surface area contributed by atoms with Crippen LogP contribution < -0.4 is 4.74 Å². The zero-order valence-corrected chi connectivity index (χ0v) is 16.8. The molecule has 1 aliphatic heterocycles. The van der Waals surface area contributed by atoms with Gasteiger partial charge in [-0.15, -0.1) is 0 Å². The summed E-state index contributed by atoms with van der Waals surface area (Å²) >= 11 is 0. The molecule has 0 spiro atoms. The molecule has 4 aromatic rings. The van der Waals surface area contributed by atoms with Crippen LogP contribution in [0.2, 0.25) is 0 Å². The maximum Gasteiger partial charge on any atom is 0.146 e. The van der Waals surface area contributed by atoms with Crippen molar-refractivity contribution >= 4 is 16.6 Å². The first-order valence-electron chi connectivity index (χ1n) is 10.4. The highest BCUT2D eigenvalue weighted by Crippen LogP contribution is 2.29. The standard InChI is InChI=1S/C24H26N4O/c1-18-7-6-14-28-16-20(26-24(18)28)17-29-22-10-9-19(15-27-12-3-2-4-13-27)21-8-5-11-25-23(21)22/h5-11,14,16H,2-4,12-13,15,17H2,1H3. The summed E-state index contributed by atoms with van der Waals surface area (Å²) in [5.74, 6) is 0.816. The number of nitrogens with zero attached hydrogens (tertiary/aromatic N) is 4. The molecule has 0 saturated carbocycles. The van der Waals surface area contributed by atoms with Gasteiger partial charge in [0, 0.05) is 30.5 Å². The van der Waals surface area contributed by atoms with E-state index in [1.807, 2.05) is 35.1 Å². The zero-order chi connectivity index (χ0) is 19.6. The topological polar surface area (TPSA) is 42.7 Å². The summed E-state index contributed by atoms with van der Waals surface area (Å²) in [7, 11) is 0. The molecule has 29 heavy (non-hydrogen) atoms. The van der Waals surface area contributed by atoms with Gasteiger partial charge in [0.2, 0.25) is 0 Å². The molecule has 5 nitrogen and oxygen atoms in total. The number of piperidine rings is 1. The number of imidazole rings is 1. The fourth-order valence-corrected chi connectivity index (χ4v) is 4.24. The van der Waals surface area contributed by atoms with Crippen molar-refractivity contribution < 1.29 is 4.74 Å². The molecule has 0 aliphatic carbocycles. The van der Waals surface area contributed by atoms with E-state index in [2.05, 4.69) is 41.1 Å². The minimum absolute atomic E-state index is 0.429. The molecule has 5 heteroatoms. The predicted octanol–water partition coefficient (Wildman–Crippen LogP) is 4.76. The van der Waals surface area contributed by atoms with Crippen molar-refractivity contribution in [3.8, 4) is 5.75 Å². The molecule has 1 aliphatic rings. The average Bonchev–Trinajstić information content (AvgIpc) is 3.18. The van der Waals surface area contributed by atoms with E-state index in [9.17, 15) is 0 Å². The number of hydrogen-bond acceptors (Lipinski definition) is 4. The van der Waals surface area contributed by atoms with E-state index in [-0.39, 0.29) is 0 Å². The van der Waals surface area contributed by atoms with Gasteiger partial charge in [-0.1, -0.05) is 24.6 Å². The second-order valence-electron chi connectivity index (χ2n) is 7.90. The first-order valence-corrected chi connectivity index (χ1v) is 10.4. The molecule has 1 fully saturated rings. The fraction of sp³-hybridized carbons (Fsp3) is 0.333. The van der Waals surface area contributed by atoms with Crippen molar-refractivity contribution in [3.05, 3.63) is 71.8 Å². The number of hydrogen-bond donors (Lipinski definition) is 0. The van der Waals surface area contributed by atoms with Crippen LogP contribution in [0.15, 0.2) is 55.0 Å². The third-order valence-electron chi connectivity index (χ3n) is 5.77. The van der Waals surface area contributed by atoms with Crippen molar-refractivity contribution in [2.75, 3.05) is 13.1 Å². The average molecular weight is 386 g/mol. The number of fused-ring (bicyclic) bond motifs is 2. The Morgan fingerprint density at radius 2 is 1.93 bits per heavy atom. The Kier molecular flexibility index (Phi) is 4.90. The largest absolute Gasteiger partial charge is 0.485 e. The Bertz CT molecular complexity index is 1140. The molecule has 148 valence electrons. The minimum atomic E-state index is 0.429. The number of rotatable bonds is 5. The normalized spacial score (nSPS) is 15.2. The predicted molar refractivity (Wildman–Crippen MR) is 115 cm³/mol. The van der Waals surface area contributed by atoms with Gasteiger partial charge in [-0.2, -0.15) is 0 Å². The highest BCUT2D eigenvalue weighted by Gasteiger charge is 2.14. The summed E-state index contributed by atoms with van der Waals surface area (Å²) in [4.78, 5) is 11.9.